The Morgan fingerprint density at radius 2 is 2.11 bits per heavy atom. The van der Waals surface area contributed by atoms with Gasteiger partial charge < -0.3 is 24.7 Å². The number of rotatable bonds is 4. The van der Waals surface area contributed by atoms with Gasteiger partial charge in [0.05, 0.1) is 23.7 Å². The van der Waals surface area contributed by atoms with Crippen molar-refractivity contribution in [2.24, 2.45) is 0 Å². The molecular formula is C19H23BrN4O3. The number of pyridine rings is 1. The topological polar surface area (TPSA) is 79.6 Å². The van der Waals surface area contributed by atoms with Gasteiger partial charge in [0.25, 0.3) is 5.91 Å². The molecule has 0 radical (unpaired) electrons. The van der Waals surface area contributed by atoms with Crippen LogP contribution < -0.4 is 15.5 Å². The molecule has 27 heavy (non-hydrogen) atoms. The first kappa shape index (κ1) is 18.5. The maximum Gasteiger partial charge on any atom is 0.291 e. The first-order valence-electron chi connectivity index (χ1n) is 9.35. The van der Waals surface area contributed by atoms with Crippen molar-refractivity contribution in [1.82, 2.24) is 10.3 Å². The zero-order valence-electron chi connectivity index (χ0n) is 15.0. The number of furan rings is 1. The molecule has 0 bridgehead atoms. The number of amides is 1. The van der Waals surface area contributed by atoms with E-state index in [1.54, 1.807) is 18.3 Å². The van der Waals surface area contributed by atoms with Crippen molar-refractivity contribution < 1.29 is 13.9 Å². The Morgan fingerprint density at radius 3 is 2.81 bits per heavy atom. The summed E-state index contributed by atoms with van der Waals surface area (Å²) < 4.78 is 11.9. The minimum absolute atomic E-state index is 0.192. The predicted molar refractivity (Wildman–Crippen MR) is 106 cm³/mol. The summed E-state index contributed by atoms with van der Waals surface area (Å²) in [7, 11) is 0. The summed E-state index contributed by atoms with van der Waals surface area (Å²) in [5.74, 6) is -0.0408. The second kappa shape index (κ2) is 8.41. The Labute approximate surface area is 166 Å². The van der Waals surface area contributed by atoms with E-state index >= 15 is 0 Å². The van der Waals surface area contributed by atoms with Crippen LogP contribution >= 0.6 is 15.9 Å². The highest BCUT2D eigenvalue weighted by Crippen LogP contribution is 2.35. The molecule has 2 aromatic rings. The Kier molecular flexibility index (Phi) is 5.75. The molecule has 2 fully saturated rings. The second-order valence-corrected chi connectivity index (χ2v) is 7.54. The maximum absolute atomic E-state index is 12.8. The number of aromatic nitrogens is 1. The highest BCUT2D eigenvalue weighted by molar-refractivity contribution is 9.10. The number of hydrogen-bond acceptors (Lipinski definition) is 6. The smallest absolute Gasteiger partial charge is 0.291 e. The molecule has 8 heteroatoms. The minimum Gasteiger partial charge on any atom is -0.444 e. The first-order valence-corrected chi connectivity index (χ1v) is 10.1. The Balaban J connectivity index is 1.69. The van der Waals surface area contributed by atoms with Crippen LogP contribution in [-0.4, -0.2) is 43.7 Å². The molecule has 2 aromatic heterocycles. The molecule has 2 aliphatic heterocycles. The number of ether oxygens (including phenoxy) is 1. The summed E-state index contributed by atoms with van der Waals surface area (Å²) in [6.07, 6.45) is 5.15. The van der Waals surface area contributed by atoms with Crippen LogP contribution in [0, 0.1) is 0 Å². The van der Waals surface area contributed by atoms with Crippen LogP contribution in [0.2, 0.25) is 0 Å². The second-order valence-electron chi connectivity index (χ2n) is 6.76. The van der Waals surface area contributed by atoms with E-state index in [-0.39, 0.29) is 17.8 Å². The van der Waals surface area contributed by atoms with Crippen molar-refractivity contribution in [3.05, 3.63) is 40.5 Å². The highest BCUT2D eigenvalue weighted by atomic mass is 79.9. The third-order valence-electron chi connectivity index (χ3n) is 4.92. The van der Waals surface area contributed by atoms with Crippen molar-refractivity contribution in [1.29, 1.82) is 0 Å². The number of morpholine rings is 1. The average Bonchev–Trinajstić information content (AvgIpc) is 3.16. The van der Waals surface area contributed by atoms with E-state index < -0.39 is 0 Å². The predicted octanol–water partition coefficient (Wildman–Crippen LogP) is 3.34. The average molecular weight is 435 g/mol. The van der Waals surface area contributed by atoms with Gasteiger partial charge in [-0.3, -0.25) is 9.78 Å². The van der Waals surface area contributed by atoms with Gasteiger partial charge >= 0.3 is 0 Å². The van der Waals surface area contributed by atoms with E-state index in [9.17, 15) is 4.79 Å². The largest absolute Gasteiger partial charge is 0.444 e. The summed E-state index contributed by atoms with van der Waals surface area (Å²) in [6, 6.07) is 5.33. The first-order chi connectivity index (χ1) is 13.2. The zero-order chi connectivity index (χ0) is 18.6. The number of halogens is 1. The molecule has 0 aromatic carbocycles. The van der Waals surface area contributed by atoms with E-state index in [0.29, 0.717) is 23.5 Å². The molecule has 2 saturated heterocycles. The third-order valence-corrected chi connectivity index (χ3v) is 5.35. The van der Waals surface area contributed by atoms with Crippen LogP contribution in [-0.2, 0) is 4.74 Å². The molecule has 1 unspecified atom stereocenters. The van der Waals surface area contributed by atoms with Crippen molar-refractivity contribution in [3.8, 4) is 0 Å². The lowest BCUT2D eigenvalue weighted by molar-refractivity contribution is 0.0255. The standard InChI is InChI=1S/C19H23BrN4O3/c20-16-5-4-14(27-16)19(25)23-17-13(24-9-2-1-3-10-24)6-7-22-18(17)15-12-21-8-11-26-15/h4-7,15,21H,1-3,8-12H2,(H,23,25). The van der Waals surface area contributed by atoms with Gasteiger partial charge in [0.15, 0.2) is 10.4 Å². The maximum atomic E-state index is 12.8. The van der Waals surface area contributed by atoms with Gasteiger partial charge in [-0.15, -0.1) is 0 Å². The van der Waals surface area contributed by atoms with Crippen LogP contribution in [0.25, 0.3) is 0 Å². The molecule has 1 amide bonds. The summed E-state index contributed by atoms with van der Waals surface area (Å²) in [5, 5.41) is 6.37. The van der Waals surface area contributed by atoms with E-state index in [2.05, 4.69) is 36.4 Å². The zero-order valence-corrected chi connectivity index (χ0v) is 16.6. The number of piperidine rings is 1. The van der Waals surface area contributed by atoms with Crippen LogP contribution in [0.15, 0.2) is 33.5 Å². The summed E-state index contributed by atoms with van der Waals surface area (Å²) in [4.78, 5) is 19.7. The van der Waals surface area contributed by atoms with Gasteiger partial charge in [-0.25, -0.2) is 0 Å². The Hall–Kier alpha value is -1.90. The fourth-order valence-electron chi connectivity index (χ4n) is 3.59. The molecule has 2 N–H and O–H groups in total. The normalized spacial score (nSPS) is 20.5. The number of anilines is 2. The lowest BCUT2D eigenvalue weighted by Gasteiger charge is -2.32. The van der Waals surface area contributed by atoms with Crippen LogP contribution in [0.5, 0.6) is 0 Å². The number of nitrogens with one attached hydrogen (secondary N) is 2. The lowest BCUT2D eigenvalue weighted by Crippen LogP contribution is -2.35. The molecule has 7 nitrogen and oxygen atoms in total. The summed E-state index contributed by atoms with van der Waals surface area (Å²) in [5.41, 5.74) is 2.46. The van der Waals surface area contributed by atoms with Crippen LogP contribution in [0.1, 0.15) is 41.6 Å². The summed E-state index contributed by atoms with van der Waals surface area (Å²) in [6.45, 7) is 4.07. The SMILES string of the molecule is O=C(Nc1c(N2CCCCC2)ccnc1C1CNCCO1)c1ccc(Br)o1. The van der Waals surface area contributed by atoms with E-state index in [1.807, 2.05) is 6.07 Å². The van der Waals surface area contributed by atoms with Crippen molar-refractivity contribution in [2.75, 3.05) is 43.0 Å². The molecule has 144 valence electrons. The van der Waals surface area contributed by atoms with E-state index in [4.69, 9.17) is 9.15 Å². The van der Waals surface area contributed by atoms with Gasteiger partial charge in [0, 0.05) is 32.4 Å². The van der Waals surface area contributed by atoms with Gasteiger partial charge in [-0.1, -0.05) is 0 Å². The molecule has 1 atom stereocenters. The van der Waals surface area contributed by atoms with Crippen LogP contribution in [0.4, 0.5) is 11.4 Å². The number of hydrogen-bond donors (Lipinski definition) is 2. The molecule has 2 aliphatic rings. The van der Waals surface area contributed by atoms with Crippen molar-refractivity contribution in [2.45, 2.75) is 25.4 Å². The number of carbonyl (C=O) groups excluding carboxylic acids is 1. The van der Waals surface area contributed by atoms with Gasteiger partial charge in [0.1, 0.15) is 6.10 Å². The number of nitrogens with zero attached hydrogens (tertiary/aromatic N) is 2. The van der Waals surface area contributed by atoms with Gasteiger partial charge in [-0.2, -0.15) is 0 Å². The quantitative estimate of drug-likeness (QED) is 0.767. The third kappa shape index (κ3) is 4.17. The van der Waals surface area contributed by atoms with Crippen molar-refractivity contribution in [3.63, 3.8) is 0 Å². The molecular weight excluding hydrogens is 412 g/mol. The summed E-state index contributed by atoms with van der Waals surface area (Å²) >= 11 is 3.24. The molecule has 4 heterocycles. The number of carbonyl (C=O) groups is 1. The monoisotopic (exact) mass is 434 g/mol. The van der Waals surface area contributed by atoms with Crippen LogP contribution in [0.3, 0.4) is 0 Å². The minimum atomic E-state index is -0.294. The molecule has 4 rings (SSSR count). The van der Waals surface area contributed by atoms with Gasteiger partial charge in [-0.05, 0) is 53.4 Å². The fourth-order valence-corrected chi connectivity index (χ4v) is 3.90. The lowest BCUT2D eigenvalue weighted by atomic mass is 10.1. The molecule has 0 spiro atoms. The van der Waals surface area contributed by atoms with Crippen molar-refractivity contribution >= 4 is 33.2 Å². The highest BCUT2D eigenvalue weighted by Gasteiger charge is 2.26. The molecule has 0 saturated carbocycles. The van der Waals surface area contributed by atoms with E-state index in [0.717, 1.165) is 43.9 Å². The fraction of sp³-hybridized carbons (Fsp3) is 0.474. The Morgan fingerprint density at radius 1 is 1.26 bits per heavy atom. The Bertz CT molecular complexity index is 762. The van der Waals surface area contributed by atoms with E-state index in [1.165, 1.54) is 6.42 Å². The van der Waals surface area contributed by atoms with Gasteiger partial charge in [0.2, 0.25) is 0 Å². The molecule has 0 aliphatic carbocycles.